The van der Waals surface area contributed by atoms with E-state index in [1.54, 1.807) is 30.3 Å². The molecular weight excluding hydrogens is 533 g/mol. The number of alkyl halides is 3. The van der Waals surface area contributed by atoms with Gasteiger partial charge in [0.25, 0.3) is 5.91 Å². The molecule has 9 heteroatoms. The molecule has 0 atom stereocenters. The number of hydrogen-bond donors (Lipinski definition) is 2. The van der Waals surface area contributed by atoms with Crippen molar-refractivity contribution in [3.05, 3.63) is 119 Å². The zero-order valence-corrected chi connectivity index (χ0v) is 21.9. The Morgan fingerprint density at radius 2 is 1.68 bits per heavy atom. The highest BCUT2D eigenvalue weighted by Crippen LogP contribution is 2.31. The van der Waals surface area contributed by atoms with Gasteiger partial charge in [0.15, 0.2) is 0 Å². The molecule has 0 fully saturated rings. The molecule has 0 bridgehead atoms. The Hall–Kier alpha value is -4.79. The Morgan fingerprint density at radius 1 is 0.902 bits per heavy atom. The van der Waals surface area contributed by atoms with Crippen molar-refractivity contribution in [2.24, 2.45) is 0 Å². The van der Waals surface area contributed by atoms with Crippen molar-refractivity contribution >= 4 is 17.6 Å². The van der Waals surface area contributed by atoms with Crippen molar-refractivity contribution in [1.82, 2.24) is 5.32 Å². The second-order valence-electron chi connectivity index (χ2n) is 9.79. The zero-order valence-electron chi connectivity index (χ0n) is 21.9. The molecule has 0 spiro atoms. The van der Waals surface area contributed by atoms with Crippen molar-refractivity contribution in [2.45, 2.75) is 32.3 Å². The van der Waals surface area contributed by atoms with E-state index in [4.69, 9.17) is 0 Å². The van der Waals surface area contributed by atoms with E-state index in [0.717, 1.165) is 41.8 Å². The molecule has 1 heterocycles. The molecule has 0 aliphatic carbocycles. The van der Waals surface area contributed by atoms with Gasteiger partial charge in [0.1, 0.15) is 5.75 Å². The van der Waals surface area contributed by atoms with Gasteiger partial charge >= 0.3 is 12.3 Å². The molecule has 1 aliphatic heterocycles. The Kier molecular flexibility index (Phi) is 7.96. The number of benzene rings is 4. The number of nitrogens with zero attached hydrogens (tertiary/aromatic N) is 1. The summed E-state index contributed by atoms with van der Waals surface area (Å²) in [5, 5.41) is 12.3. The van der Waals surface area contributed by atoms with Crippen LogP contribution in [0, 0.1) is 0 Å². The van der Waals surface area contributed by atoms with Crippen LogP contribution in [0.15, 0.2) is 91.0 Å². The van der Waals surface area contributed by atoms with Crippen LogP contribution in [0.5, 0.6) is 5.75 Å². The summed E-state index contributed by atoms with van der Waals surface area (Å²) >= 11 is 0. The van der Waals surface area contributed by atoms with E-state index in [0.29, 0.717) is 23.2 Å². The first kappa shape index (κ1) is 27.8. The largest absolute Gasteiger partial charge is 0.573 e. The van der Waals surface area contributed by atoms with Gasteiger partial charge in [-0.3, -0.25) is 4.79 Å². The first-order chi connectivity index (χ1) is 19.7. The van der Waals surface area contributed by atoms with E-state index in [1.165, 1.54) is 18.2 Å². The van der Waals surface area contributed by atoms with Gasteiger partial charge in [-0.2, -0.15) is 0 Å². The lowest BCUT2D eigenvalue weighted by Gasteiger charge is -2.31. The van der Waals surface area contributed by atoms with Gasteiger partial charge in [0.2, 0.25) is 0 Å². The van der Waals surface area contributed by atoms with E-state index in [-0.39, 0.29) is 23.8 Å². The number of fused-ring (bicyclic) bond motifs is 1. The molecule has 1 amide bonds. The van der Waals surface area contributed by atoms with Crippen molar-refractivity contribution in [3.63, 3.8) is 0 Å². The summed E-state index contributed by atoms with van der Waals surface area (Å²) in [6.07, 6.45) is -3.03. The summed E-state index contributed by atoms with van der Waals surface area (Å²) in [6, 6.07) is 25.8. The van der Waals surface area contributed by atoms with E-state index in [9.17, 15) is 27.9 Å². The Morgan fingerprint density at radius 3 is 2.44 bits per heavy atom. The molecule has 0 radical (unpaired) electrons. The molecule has 4 aromatic carbocycles. The Labute approximate surface area is 235 Å². The molecule has 0 unspecified atom stereocenters. The predicted octanol–water partition coefficient (Wildman–Crippen LogP) is 6.83. The van der Waals surface area contributed by atoms with Crippen molar-refractivity contribution in [3.8, 4) is 16.9 Å². The topological polar surface area (TPSA) is 78.9 Å². The lowest BCUT2D eigenvalue weighted by molar-refractivity contribution is -0.274. The highest BCUT2D eigenvalue weighted by molar-refractivity contribution is 5.96. The number of aryl methyl sites for hydroxylation is 1. The van der Waals surface area contributed by atoms with Gasteiger partial charge in [-0.1, -0.05) is 54.6 Å². The number of ether oxygens (including phenoxy) is 1. The van der Waals surface area contributed by atoms with Crippen LogP contribution < -0.4 is 15.0 Å². The van der Waals surface area contributed by atoms with Gasteiger partial charge in [-0.05, 0) is 77.1 Å². The lowest BCUT2D eigenvalue weighted by Crippen LogP contribution is -2.29. The van der Waals surface area contributed by atoms with Crippen LogP contribution in [-0.2, 0) is 19.5 Å². The standard InChI is InChI=1S/C32H27F3N2O4/c33-32(34,35)41-26-7-3-5-22(17-26)19-36-30(38)25-14-15-29-24(18-25)6-4-16-37(29)20-21-10-12-23(13-11-21)27-8-1-2-9-28(27)31(39)40/h1-3,5,7-15,17-18H,4,6,16,19-20H2,(H,36,38)(H,39,40). The fraction of sp³-hybridized carbons (Fsp3) is 0.188. The quantitative estimate of drug-likeness (QED) is 0.247. The van der Waals surface area contributed by atoms with Crippen LogP contribution in [-0.4, -0.2) is 29.9 Å². The third-order valence-corrected chi connectivity index (χ3v) is 6.94. The molecule has 4 aromatic rings. The second kappa shape index (κ2) is 11.8. The molecule has 5 rings (SSSR count). The minimum absolute atomic E-state index is 0.0596. The van der Waals surface area contributed by atoms with Crippen LogP contribution in [0.25, 0.3) is 11.1 Å². The fourth-order valence-corrected chi connectivity index (χ4v) is 5.05. The molecule has 0 saturated heterocycles. The maximum Gasteiger partial charge on any atom is 0.573 e. The number of aromatic carboxylic acids is 1. The van der Waals surface area contributed by atoms with Crippen LogP contribution in [0.3, 0.4) is 0 Å². The van der Waals surface area contributed by atoms with Crippen LogP contribution in [0.1, 0.15) is 43.8 Å². The molecule has 1 aliphatic rings. The van der Waals surface area contributed by atoms with Gasteiger partial charge in [0, 0.05) is 30.9 Å². The number of carbonyl (C=O) groups is 2. The summed E-state index contributed by atoms with van der Waals surface area (Å²) in [6.45, 7) is 1.58. The van der Waals surface area contributed by atoms with Crippen molar-refractivity contribution < 1.29 is 32.6 Å². The minimum Gasteiger partial charge on any atom is -0.478 e. The van der Waals surface area contributed by atoms with E-state index in [1.807, 2.05) is 42.5 Å². The number of halogens is 3. The van der Waals surface area contributed by atoms with E-state index >= 15 is 0 Å². The second-order valence-corrected chi connectivity index (χ2v) is 9.79. The summed E-state index contributed by atoms with van der Waals surface area (Å²) in [5.74, 6) is -1.62. The van der Waals surface area contributed by atoms with Gasteiger partial charge in [-0.25, -0.2) is 4.79 Å². The SMILES string of the molecule is O=C(NCc1cccc(OC(F)(F)F)c1)c1ccc2c(c1)CCCN2Cc1ccc(-c2ccccc2C(=O)O)cc1. The average Bonchev–Trinajstić information content (AvgIpc) is 2.95. The summed E-state index contributed by atoms with van der Waals surface area (Å²) in [4.78, 5) is 26.7. The van der Waals surface area contributed by atoms with E-state index in [2.05, 4.69) is 15.0 Å². The summed E-state index contributed by atoms with van der Waals surface area (Å²) in [7, 11) is 0. The highest BCUT2D eigenvalue weighted by atomic mass is 19.4. The molecule has 0 saturated carbocycles. The third-order valence-electron chi connectivity index (χ3n) is 6.94. The molecule has 6 nitrogen and oxygen atoms in total. The van der Waals surface area contributed by atoms with Gasteiger partial charge in [-0.15, -0.1) is 13.2 Å². The number of anilines is 1. The fourth-order valence-electron chi connectivity index (χ4n) is 5.05. The Balaban J connectivity index is 1.24. The number of amides is 1. The first-order valence-corrected chi connectivity index (χ1v) is 13.1. The Bertz CT molecular complexity index is 1570. The minimum atomic E-state index is -4.78. The molecule has 0 aromatic heterocycles. The molecular formula is C32H27F3N2O4. The predicted molar refractivity (Wildman–Crippen MR) is 149 cm³/mol. The van der Waals surface area contributed by atoms with Crippen LogP contribution in [0.2, 0.25) is 0 Å². The molecule has 210 valence electrons. The number of rotatable bonds is 8. The normalized spacial score (nSPS) is 12.9. The molecule has 2 N–H and O–H groups in total. The number of hydrogen-bond acceptors (Lipinski definition) is 4. The maximum atomic E-state index is 12.8. The molecule has 41 heavy (non-hydrogen) atoms. The van der Waals surface area contributed by atoms with Crippen LogP contribution in [0.4, 0.5) is 18.9 Å². The van der Waals surface area contributed by atoms with Gasteiger partial charge in [0.05, 0.1) is 5.56 Å². The highest BCUT2D eigenvalue weighted by Gasteiger charge is 2.31. The number of carboxylic acids is 1. The van der Waals surface area contributed by atoms with Crippen molar-refractivity contribution in [2.75, 3.05) is 11.4 Å². The summed E-state index contributed by atoms with van der Waals surface area (Å²) in [5.41, 5.74) is 5.91. The lowest BCUT2D eigenvalue weighted by atomic mass is 9.97. The smallest absolute Gasteiger partial charge is 0.478 e. The first-order valence-electron chi connectivity index (χ1n) is 13.1. The average molecular weight is 561 g/mol. The summed E-state index contributed by atoms with van der Waals surface area (Å²) < 4.78 is 41.5. The zero-order chi connectivity index (χ0) is 29.0. The number of carbonyl (C=O) groups excluding carboxylic acids is 1. The maximum absolute atomic E-state index is 12.8. The number of nitrogens with one attached hydrogen (secondary N) is 1. The van der Waals surface area contributed by atoms with E-state index < -0.39 is 12.3 Å². The third kappa shape index (κ3) is 6.87. The van der Waals surface area contributed by atoms with Crippen LogP contribution >= 0.6 is 0 Å². The van der Waals surface area contributed by atoms with Crippen molar-refractivity contribution in [1.29, 1.82) is 0 Å². The van der Waals surface area contributed by atoms with Gasteiger partial charge < -0.3 is 20.1 Å². The monoisotopic (exact) mass is 560 g/mol. The number of carboxylic acid groups (broad SMARTS) is 1.